The molecule has 2 aliphatic rings. The summed E-state index contributed by atoms with van der Waals surface area (Å²) in [5, 5.41) is 0. The molecule has 37 heavy (non-hydrogen) atoms. The summed E-state index contributed by atoms with van der Waals surface area (Å²) >= 11 is 0. The molecule has 4 rings (SSSR count). The molecular formula is C29H41F4N3O. The largest absolute Gasteiger partial charge is 0.372 e. The number of hydrogen-bond acceptors (Lipinski definition) is 3. The lowest BCUT2D eigenvalue weighted by molar-refractivity contribution is -0.106. The molecular weight excluding hydrogens is 482 g/mol. The summed E-state index contributed by atoms with van der Waals surface area (Å²) in [7, 11) is 0. The molecule has 8 heteroatoms. The van der Waals surface area contributed by atoms with Crippen molar-refractivity contribution in [3.8, 4) is 11.1 Å². The molecule has 4 nitrogen and oxygen atoms in total. The average molecular weight is 524 g/mol. The molecule has 2 N–H and O–H groups in total. The van der Waals surface area contributed by atoms with E-state index in [1.165, 1.54) is 17.7 Å². The summed E-state index contributed by atoms with van der Waals surface area (Å²) in [6, 6.07) is 10.2. The average Bonchev–Trinajstić information content (AvgIpc) is 2.84. The number of carbonyl (C=O) groups is 1. The number of amides is 1. The molecule has 2 aromatic rings. The van der Waals surface area contributed by atoms with Gasteiger partial charge in [-0.1, -0.05) is 25.1 Å². The van der Waals surface area contributed by atoms with Crippen LogP contribution in [0, 0.1) is 18.6 Å². The first-order chi connectivity index (χ1) is 17.5. The Balaban J connectivity index is 0.000000235. The first kappa shape index (κ1) is 30.8. The lowest BCUT2D eigenvalue weighted by Crippen LogP contribution is -2.53. The van der Waals surface area contributed by atoms with E-state index in [4.69, 9.17) is 4.79 Å². The highest BCUT2D eigenvalue weighted by atomic mass is 19.3. The van der Waals surface area contributed by atoms with Crippen LogP contribution in [0.25, 0.3) is 11.1 Å². The van der Waals surface area contributed by atoms with Crippen molar-refractivity contribution in [2.75, 3.05) is 26.2 Å². The fraction of sp³-hybridized carbons (Fsp3) is 0.552. The Morgan fingerprint density at radius 2 is 1.68 bits per heavy atom. The standard InChI is InChI=1S/C15H14F2.C13H24F2N2.CH3NO/c1-3-11-5-4-6-15(10(11)2)12-7-13(16)9-14(17)8-12;1-11(2)16-6-8-17(9-7-16)12-4-3-5-13(14,15)10-12;2-1-3/h4-9H,3H2,1-2H3;11-12H,3-10H2,1-2H3;1H,(H2,2,3). The van der Waals surface area contributed by atoms with Crippen molar-refractivity contribution in [2.24, 2.45) is 5.73 Å². The third-order valence-electron chi connectivity index (χ3n) is 7.21. The number of benzene rings is 2. The summed E-state index contributed by atoms with van der Waals surface area (Å²) in [5.41, 5.74) is 7.94. The Kier molecular flexibility index (Phi) is 12.0. The van der Waals surface area contributed by atoms with E-state index in [1.54, 1.807) is 0 Å². The number of hydrogen-bond donors (Lipinski definition) is 1. The summed E-state index contributed by atoms with van der Waals surface area (Å²) < 4.78 is 53.1. The van der Waals surface area contributed by atoms with E-state index >= 15 is 0 Å². The second-order valence-corrected chi connectivity index (χ2v) is 10.0. The molecule has 0 aromatic heterocycles. The Bertz CT molecular complexity index is 971. The van der Waals surface area contributed by atoms with Gasteiger partial charge in [0.25, 0.3) is 0 Å². The minimum Gasteiger partial charge on any atom is -0.372 e. The van der Waals surface area contributed by atoms with Gasteiger partial charge in [-0.15, -0.1) is 0 Å². The summed E-state index contributed by atoms with van der Waals surface area (Å²) in [4.78, 5) is 13.3. The van der Waals surface area contributed by atoms with Crippen LogP contribution in [0.1, 0.15) is 57.6 Å². The molecule has 1 aliphatic carbocycles. The third-order valence-corrected chi connectivity index (χ3v) is 7.21. The number of alkyl halides is 2. The number of nitrogens with two attached hydrogens (primary N) is 1. The van der Waals surface area contributed by atoms with Crippen molar-refractivity contribution in [2.45, 2.75) is 77.8 Å². The predicted molar refractivity (Wildman–Crippen MR) is 142 cm³/mol. The maximum Gasteiger partial charge on any atom is 0.249 e. The van der Waals surface area contributed by atoms with E-state index < -0.39 is 17.6 Å². The lowest BCUT2D eigenvalue weighted by Gasteiger charge is -2.43. The predicted octanol–water partition coefficient (Wildman–Crippen LogP) is 6.19. The molecule has 1 atom stereocenters. The summed E-state index contributed by atoms with van der Waals surface area (Å²) in [6.45, 7) is 12.4. The molecule has 2 aromatic carbocycles. The van der Waals surface area contributed by atoms with Crippen LogP contribution in [-0.4, -0.2) is 60.4 Å². The highest BCUT2D eigenvalue weighted by Crippen LogP contribution is 2.35. The zero-order chi connectivity index (χ0) is 27.6. The van der Waals surface area contributed by atoms with Gasteiger partial charge < -0.3 is 5.73 Å². The van der Waals surface area contributed by atoms with Crippen molar-refractivity contribution in [1.82, 2.24) is 9.80 Å². The van der Waals surface area contributed by atoms with Crippen LogP contribution in [-0.2, 0) is 11.2 Å². The van der Waals surface area contributed by atoms with Crippen molar-refractivity contribution in [3.05, 3.63) is 59.2 Å². The third kappa shape index (κ3) is 9.42. The van der Waals surface area contributed by atoms with E-state index in [1.807, 2.05) is 25.1 Å². The molecule has 1 aliphatic heterocycles. The quantitative estimate of drug-likeness (QED) is 0.384. The van der Waals surface area contributed by atoms with Crippen LogP contribution in [0.4, 0.5) is 17.6 Å². The summed E-state index contributed by atoms with van der Waals surface area (Å²) in [6.07, 6.45) is 2.97. The van der Waals surface area contributed by atoms with Crippen molar-refractivity contribution in [3.63, 3.8) is 0 Å². The van der Waals surface area contributed by atoms with Crippen LogP contribution >= 0.6 is 0 Å². The monoisotopic (exact) mass is 523 g/mol. The number of primary amides is 1. The topological polar surface area (TPSA) is 49.6 Å². The molecule has 1 saturated carbocycles. The Hall–Kier alpha value is -2.45. The Labute approximate surface area is 218 Å². The minimum absolute atomic E-state index is 0.0781. The summed E-state index contributed by atoms with van der Waals surface area (Å²) in [5.74, 6) is -3.50. The number of rotatable bonds is 4. The van der Waals surface area contributed by atoms with Gasteiger partial charge in [-0.2, -0.15) is 0 Å². The Morgan fingerprint density at radius 3 is 2.19 bits per heavy atom. The van der Waals surface area contributed by atoms with Gasteiger partial charge >= 0.3 is 0 Å². The molecule has 0 radical (unpaired) electrons. The van der Waals surface area contributed by atoms with Gasteiger partial charge in [-0.25, -0.2) is 17.6 Å². The van der Waals surface area contributed by atoms with Gasteiger partial charge in [0.1, 0.15) is 11.6 Å². The van der Waals surface area contributed by atoms with Gasteiger partial charge in [0, 0.05) is 57.2 Å². The molecule has 1 saturated heterocycles. The zero-order valence-corrected chi connectivity index (χ0v) is 22.5. The van der Waals surface area contributed by atoms with Gasteiger partial charge in [0.15, 0.2) is 0 Å². The van der Waals surface area contributed by atoms with E-state index in [-0.39, 0.29) is 25.3 Å². The molecule has 0 bridgehead atoms. The highest BCUT2D eigenvalue weighted by molar-refractivity contribution is 5.68. The van der Waals surface area contributed by atoms with Crippen molar-refractivity contribution >= 4 is 6.41 Å². The smallest absolute Gasteiger partial charge is 0.249 e. The van der Waals surface area contributed by atoms with Gasteiger partial charge in [-0.05, 0) is 74.4 Å². The molecule has 2 fully saturated rings. The number of carbonyl (C=O) groups excluding carboxylic acids is 1. The van der Waals surface area contributed by atoms with Crippen LogP contribution in [0.2, 0.25) is 0 Å². The van der Waals surface area contributed by atoms with E-state index in [0.717, 1.165) is 56.2 Å². The maximum absolute atomic E-state index is 13.4. The second kappa shape index (κ2) is 14.5. The SMILES string of the molecule is CC(C)N1CCN(C2CCCC(F)(F)C2)CC1.CCc1cccc(-c2cc(F)cc(F)c2)c1C.NC=O. The lowest BCUT2D eigenvalue weighted by atomic mass is 9.90. The van der Waals surface area contributed by atoms with Crippen molar-refractivity contribution < 1.29 is 22.4 Å². The number of nitrogens with zero attached hydrogens (tertiary/aromatic N) is 2. The van der Waals surface area contributed by atoms with Crippen LogP contribution in [0.15, 0.2) is 36.4 Å². The first-order valence-electron chi connectivity index (χ1n) is 13.1. The number of halogens is 4. The molecule has 1 unspecified atom stereocenters. The Morgan fingerprint density at radius 1 is 1.08 bits per heavy atom. The van der Waals surface area contributed by atoms with Crippen LogP contribution in [0.5, 0.6) is 0 Å². The molecule has 1 heterocycles. The molecule has 1 amide bonds. The second-order valence-electron chi connectivity index (χ2n) is 10.0. The van der Waals surface area contributed by atoms with Gasteiger partial charge in [0.05, 0.1) is 0 Å². The van der Waals surface area contributed by atoms with Gasteiger partial charge in [0.2, 0.25) is 12.3 Å². The van der Waals surface area contributed by atoms with E-state index in [9.17, 15) is 17.6 Å². The van der Waals surface area contributed by atoms with Crippen molar-refractivity contribution in [1.29, 1.82) is 0 Å². The number of aryl methyl sites for hydroxylation is 1. The molecule has 206 valence electrons. The molecule has 0 spiro atoms. The fourth-order valence-electron chi connectivity index (χ4n) is 5.16. The fourth-order valence-corrected chi connectivity index (χ4v) is 5.16. The first-order valence-corrected chi connectivity index (χ1v) is 13.1. The van der Waals surface area contributed by atoms with E-state index in [0.29, 0.717) is 18.0 Å². The zero-order valence-electron chi connectivity index (χ0n) is 22.5. The van der Waals surface area contributed by atoms with E-state index in [2.05, 4.69) is 36.3 Å². The minimum atomic E-state index is -2.42. The normalized spacial score (nSPS) is 19.9. The number of piperazine rings is 1. The van der Waals surface area contributed by atoms with Gasteiger partial charge in [-0.3, -0.25) is 14.6 Å². The highest BCUT2D eigenvalue weighted by Gasteiger charge is 2.39. The maximum atomic E-state index is 13.4. The van der Waals surface area contributed by atoms with Crippen LogP contribution in [0.3, 0.4) is 0 Å². The van der Waals surface area contributed by atoms with Crippen LogP contribution < -0.4 is 5.73 Å².